The Hall–Kier alpha value is -2.35. The molecular weight excluding hydrogens is 285 g/mol. The van der Waals surface area contributed by atoms with Crippen LogP contribution in [-0.4, -0.2) is 25.1 Å². The zero-order valence-electron chi connectivity index (χ0n) is 10.9. The molecule has 2 aromatic heterocycles. The van der Waals surface area contributed by atoms with Crippen molar-refractivity contribution >= 4 is 10.9 Å². The molecule has 0 fully saturated rings. The van der Waals surface area contributed by atoms with Crippen LogP contribution in [0.15, 0.2) is 24.5 Å². The predicted octanol–water partition coefficient (Wildman–Crippen LogP) is 2.47. The molecule has 2 heterocycles. The molecule has 0 spiro atoms. The maximum Gasteiger partial charge on any atom is 0.416 e. The van der Waals surface area contributed by atoms with Crippen molar-refractivity contribution in [1.82, 2.24) is 20.0 Å². The van der Waals surface area contributed by atoms with Gasteiger partial charge in [-0.1, -0.05) is 0 Å². The highest BCUT2D eigenvalue weighted by Crippen LogP contribution is 2.37. The molecule has 0 bridgehead atoms. The molecule has 0 aliphatic heterocycles. The summed E-state index contributed by atoms with van der Waals surface area (Å²) in [4.78, 5) is 0. The summed E-state index contributed by atoms with van der Waals surface area (Å²) in [6, 6.07) is 2.06. The molecule has 0 saturated carbocycles. The van der Waals surface area contributed by atoms with Crippen LogP contribution in [0.5, 0.6) is 0 Å². The van der Waals surface area contributed by atoms with Crippen molar-refractivity contribution in [3.05, 3.63) is 35.8 Å². The van der Waals surface area contributed by atoms with E-state index in [1.807, 2.05) is 0 Å². The molecule has 5 nitrogen and oxygen atoms in total. The Labute approximate surface area is 117 Å². The Morgan fingerprint density at radius 3 is 2.67 bits per heavy atom. The first-order valence-electron chi connectivity index (χ1n) is 6.08. The standard InChI is InChI=1S/C13H11F3N4O/c1-20-12(6-21)10(5-18-20)8-2-7(13(14,15)16)3-11-9(8)4-17-19-11/h2-5,21H,6H2,1H3,(H,17,19). The molecular formula is C13H11F3N4O. The van der Waals surface area contributed by atoms with Gasteiger partial charge in [0.1, 0.15) is 0 Å². The van der Waals surface area contributed by atoms with E-state index in [4.69, 9.17) is 0 Å². The molecule has 0 atom stereocenters. The maximum atomic E-state index is 13.0. The van der Waals surface area contributed by atoms with Crippen LogP contribution in [-0.2, 0) is 19.8 Å². The second-order valence-electron chi connectivity index (χ2n) is 4.64. The van der Waals surface area contributed by atoms with E-state index in [9.17, 15) is 18.3 Å². The Morgan fingerprint density at radius 1 is 1.24 bits per heavy atom. The fourth-order valence-corrected chi connectivity index (χ4v) is 2.31. The average molecular weight is 296 g/mol. The first kappa shape index (κ1) is 13.6. The van der Waals surface area contributed by atoms with Gasteiger partial charge in [-0.2, -0.15) is 23.4 Å². The number of H-pyrrole nitrogens is 1. The Bertz CT molecular complexity index is 803. The Morgan fingerprint density at radius 2 is 2.00 bits per heavy atom. The third-order valence-electron chi connectivity index (χ3n) is 3.39. The second-order valence-corrected chi connectivity index (χ2v) is 4.64. The summed E-state index contributed by atoms with van der Waals surface area (Å²) < 4.78 is 40.4. The number of aliphatic hydroxyl groups is 1. The smallest absolute Gasteiger partial charge is 0.390 e. The molecule has 110 valence electrons. The quantitative estimate of drug-likeness (QED) is 0.763. The lowest BCUT2D eigenvalue weighted by Gasteiger charge is -2.10. The van der Waals surface area contributed by atoms with Gasteiger partial charge in [0.2, 0.25) is 0 Å². The van der Waals surface area contributed by atoms with Gasteiger partial charge >= 0.3 is 6.18 Å². The van der Waals surface area contributed by atoms with Crippen molar-refractivity contribution in [3.63, 3.8) is 0 Å². The summed E-state index contributed by atoms with van der Waals surface area (Å²) in [5, 5.41) is 20.3. The van der Waals surface area contributed by atoms with Crippen LogP contribution in [0.4, 0.5) is 13.2 Å². The van der Waals surface area contributed by atoms with E-state index in [1.165, 1.54) is 17.1 Å². The van der Waals surface area contributed by atoms with Gasteiger partial charge in [0.25, 0.3) is 0 Å². The molecule has 0 aliphatic carbocycles. The summed E-state index contributed by atoms with van der Waals surface area (Å²) in [5.41, 5.74) is 0.745. The van der Waals surface area contributed by atoms with Crippen molar-refractivity contribution in [1.29, 1.82) is 0 Å². The monoisotopic (exact) mass is 296 g/mol. The van der Waals surface area contributed by atoms with Gasteiger partial charge in [-0.05, 0) is 17.7 Å². The molecule has 8 heteroatoms. The lowest BCUT2D eigenvalue weighted by Crippen LogP contribution is -2.05. The van der Waals surface area contributed by atoms with Gasteiger partial charge in [0.15, 0.2) is 0 Å². The second kappa shape index (κ2) is 4.59. The number of hydrogen-bond donors (Lipinski definition) is 2. The Balaban J connectivity index is 2.32. The van der Waals surface area contributed by atoms with Crippen LogP contribution in [0.25, 0.3) is 22.0 Å². The highest BCUT2D eigenvalue weighted by atomic mass is 19.4. The van der Waals surface area contributed by atoms with Gasteiger partial charge in [0.05, 0.1) is 35.8 Å². The van der Waals surface area contributed by atoms with E-state index in [1.54, 1.807) is 7.05 Å². The zero-order chi connectivity index (χ0) is 15.2. The largest absolute Gasteiger partial charge is 0.416 e. The molecule has 0 radical (unpaired) electrons. The summed E-state index contributed by atoms with van der Waals surface area (Å²) in [7, 11) is 1.62. The van der Waals surface area contributed by atoms with Crippen molar-refractivity contribution in [2.45, 2.75) is 12.8 Å². The molecule has 0 aliphatic rings. The molecule has 1 aromatic carbocycles. The van der Waals surface area contributed by atoms with Gasteiger partial charge in [0, 0.05) is 18.0 Å². The lowest BCUT2D eigenvalue weighted by molar-refractivity contribution is -0.137. The number of aromatic amines is 1. The highest BCUT2D eigenvalue weighted by Gasteiger charge is 2.32. The normalized spacial score (nSPS) is 12.2. The van der Waals surface area contributed by atoms with Crippen molar-refractivity contribution in [2.75, 3.05) is 0 Å². The first-order chi connectivity index (χ1) is 9.91. The van der Waals surface area contributed by atoms with Gasteiger partial charge in [-0.3, -0.25) is 9.78 Å². The molecule has 0 amide bonds. The van der Waals surface area contributed by atoms with Crippen LogP contribution >= 0.6 is 0 Å². The van der Waals surface area contributed by atoms with Crippen molar-refractivity contribution in [2.24, 2.45) is 7.05 Å². The number of halogens is 3. The van der Waals surface area contributed by atoms with Crippen LogP contribution in [0, 0.1) is 0 Å². The van der Waals surface area contributed by atoms with Gasteiger partial charge < -0.3 is 5.11 Å². The fourth-order valence-electron chi connectivity index (χ4n) is 2.31. The molecule has 21 heavy (non-hydrogen) atoms. The van der Waals surface area contributed by atoms with Crippen LogP contribution in [0.3, 0.4) is 0 Å². The first-order valence-corrected chi connectivity index (χ1v) is 6.08. The van der Waals surface area contributed by atoms with E-state index in [0.717, 1.165) is 12.1 Å². The van der Waals surface area contributed by atoms with Crippen molar-refractivity contribution < 1.29 is 18.3 Å². The molecule has 0 saturated heterocycles. The van der Waals surface area contributed by atoms with E-state index in [-0.39, 0.29) is 12.1 Å². The summed E-state index contributed by atoms with van der Waals surface area (Å²) in [5.74, 6) is 0. The topological polar surface area (TPSA) is 66.7 Å². The molecule has 3 rings (SSSR count). The van der Waals surface area contributed by atoms with Gasteiger partial charge in [-0.15, -0.1) is 0 Å². The van der Waals surface area contributed by atoms with E-state index in [0.29, 0.717) is 22.2 Å². The molecule has 3 aromatic rings. The number of rotatable bonds is 2. The van der Waals surface area contributed by atoms with Crippen molar-refractivity contribution in [3.8, 4) is 11.1 Å². The molecule has 2 N–H and O–H groups in total. The number of aryl methyl sites for hydroxylation is 1. The summed E-state index contributed by atoms with van der Waals surface area (Å²) in [6.07, 6.45) is -1.57. The maximum absolute atomic E-state index is 13.0. The minimum absolute atomic E-state index is 0.285. The zero-order valence-corrected chi connectivity index (χ0v) is 10.9. The average Bonchev–Trinajstić information content (AvgIpc) is 3.02. The van der Waals surface area contributed by atoms with Crippen LogP contribution in [0.2, 0.25) is 0 Å². The Kier molecular flexibility index (Phi) is 2.98. The van der Waals surface area contributed by atoms with Gasteiger partial charge in [-0.25, -0.2) is 0 Å². The number of nitrogens with zero attached hydrogens (tertiary/aromatic N) is 3. The SMILES string of the molecule is Cn1ncc(-c2cc(C(F)(F)F)cc3[nH]ncc23)c1CO. The number of benzene rings is 1. The number of fused-ring (bicyclic) bond motifs is 1. The van der Waals surface area contributed by atoms with Crippen LogP contribution in [0.1, 0.15) is 11.3 Å². The fraction of sp³-hybridized carbons (Fsp3) is 0.231. The van der Waals surface area contributed by atoms with E-state index >= 15 is 0 Å². The third kappa shape index (κ3) is 2.17. The highest BCUT2D eigenvalue weighted by molar-refractivity contribution is 5.95. The summed E-state index contributed by atoms with van der Waals surface area (Å²) in [6.45, 7) is -0.318. The number of aliphatic hydroxyl groups excluding tert-OH is 1. The number of alkyl halides is 3. The number of aromatic nitrogens is 4. The van der Waals surface area contributed by atoms with E-state index in [2.05, 4.69) is 15.3 Å². The van der Waals surface area contributed by atoms with E-state index < -0.39 is 11.7 Å². The third-order valence-corrected chi connectivity index (χ3v) is 3.39. The van der Waals surface area contributed by atoms with Crippen LogP contribution < -0.4 is 0 Å². The number of nitrogens with one attached hydrogen (secondary N) is 1. The predicted molar refractivity (Wildman–Crippen MR) is 69.2 cm³/mol. The minimum Gasteiger partial charge on any atom is -0.390 e. The number of hydrogen-bond acceptors (Lipinski definition) is 3. The lowest BCUT2D eigenvalue weighted by atomic mass is 9.99. The summed E-state index contributed by atoms with van der Waals surface area (Å²) >= 11 is 0. The molecule has 0 unspecified atom stereocenters. The minimum atomic E-state index is -4.46.